The monoisotopic (exact) mass is 479 g/mol. The zero-order valence-electron chi connectivity index (χ0n) is 20.6. The normalized spacial score (nSPS) is 12.3. The lowest BCUT2D eigenvalue weighted by Gasteiger charge is -2.29. The molecule has 0 N–H and O–H groups in total. The Morgan fingerprint density at radius 2 is 1.86 bits per heavy atom. The van der Waals surface area contributed by atoms with Gasteiger partial charge in [-0.1, -0.05) is 36.4 Å². The number of methoxy groups -OCH3 is 1. The summed E-state index contributed by atoms with van der Waals surface area (Å²) in [5.41, 5.74) is 3.57. The van der Waals surface area contributed by atoms with Gasteiger partial charge in [-0.05, 0) is 54.5 Å². The topological polar surface area (TPSA) is 68.5 Å². The molecule has 182 valence electrons. The highest BCUT2D eigenvalue weighted by Crippen LogP contribution is 2.25. The van der Waals surface area contributed by atoms with Crippen molar-refractivity contribution in [2.45, 2.75) is 38.9 Å². The minimum atomic E-state index is 0.0128. The van der Waals surface area contributed by atoms with Gasteiger partial charge in [-0.3, -0.25) is 14.7 Å². The van der Waals surface area contributed by atoms with E-state index in [1.165, 1.54) is 5.56 Å². The number of hydrogen-bond donors (Lipinski definition) is 0. The minimum Gasteiger partial charge on any atom is -0.481 e. The maximum absolute atomic E-state index is 13.5. The third-order valence-corrected chi connectivity index (χ3v) is 6.70. The lowest BCUT2D eigenvalue weighted by atomic mass is 10.0. The second-order valence-electron chi connectivity index (χ2n) is 9.11. The molecule has 6 heteroatoms. The number of aryl methyl sites for hydroxylation is 1. The molecule has 6 nitrogen and oxygen atoms in total. The molecular formula is C30H29N3O3. The predicted molar refractivity (Wildman–Crippen MR) is 142 cm³/mol. The largest absolute Gasteiger partial charge is 0.481 e. The standard InChI is InChI=1S/C30H29N3O3/c1-21(9-10-22-6-5-14-31-17-22)33(18-23-13-15-32-28(16-23)35-2)19-25-20-36-30-26-8-4-3-7-24(26)11-12-27(30)29(25)34/h3-8,11-17,20-21H,9-10,18-19H2,1-2H3. The first-order valence-corrected chi connectivity index (χ1v) is 12.2. The van der Waals surface area contributed by atoms with E-state index in [0.717, 1.165) is 29.2 Å². The Bertz CT molecular complexity index is 1530. The van der Waals surface area contributed by atoms with Gasteiger partial charge in [-0.25, -0.2) is 4.98 Å². The molecule has 0 bridgehead atoms. The molecule has 36 heavy (non-hydrogen) atoms. The van der Waals surface area contributed by atoms with Gasteiger partial charge in [0.25, 0.3) is 0 Å². The van der Waals surface area contributed by atoms with Crippen molar-refractivity contribution in [2.24, 2.45) is 0 Å². The third kappa shape index (κ3) is 5.14. The van der Waals surface area contributed by atoms with Gasteiger partial charge < -0.3 is 9.15 Å². The molecule has 3 aromatic heterocycles. The first kappa shape index (κ1) is 23.7. The molecule has 5 rings (SSSR count). The molecule has 0 spiro atoms. The summed E-state index contributed by atoms with van der Waals surface area (Å²) in [6.45, 7) is 3.33. The number of fused-ring (bicyclic) bond motifs is 3. The van der Waals surface area contributed by atoms with Crippen molar-refractivity contribution in [3.8, 4) is 5.88 Å². The molecule has 0 aliphatic heterocycles. The summed E-state index contributed by atoms with van der Waals surface area (Å²) < 4.78 is 11.4. The summed E-state index contributed by atoms with van der Waals surface area (Å²) >= 11 is 0. The van der Waals surface area contributed by atoms with Gasteiger partial charge in [0.15, 0.2) is 5.43 Å². The van der Waals surface area contributed by atoms with Gasteiger partial charge in [0.2, 0.25) is 5.88 Å². The van der Waals surface area contributed by atoms with Gasteiger partial charge >= 0.3 is 0 Å². The average Bonchev–Trinajstić information content (AvgIpc) is 2.93. The minimum absolute atomic E-state index is 0.0128. The summed E-state index contributed by atoms with van der Waals surface area (Å²) in [7, 11) is 1.62. The van der Waals surface area contributed by atoms with Gasteiger partial charge in [-0.2, -0.15) is 0 Å². The van der Waals surface area contributed by atoms with Crippen LogP contribution in [0.2, 0.25) is 0 Å². The molecule has 0 aliphatic carbocycles. The fraction of sp³-hybridized carbons (Fsp3) is 0.233. The number of rotatable bonds is 9. The molecule has 0 fully saturated rings. The average molecular weight is 480 g/mol. The summed E-state index contributed by atoms with van der Waals surface area (Å²) in [5, 5.41) is 2.61. The highest BCUT2D eigenvalue weighted by molar-refractivity contribution is 6.03. The number of hydrogen-bond acceptors (Lipinski definition) is 6. The van der Waals surface area contributed by atoms with Crippen LogP contribution in [-0.2, 0) is 19.5 Å². The SMILES string of the molecule is COc1cc(CN(Cc2coc3c(ccc4ccccc43)c2=O)C(C)CCc2cccnc2)ccn1. The van der Waals surface area contributed by atoms with E-state index >= 15 is 0 Å². The van der Waals surface area contributed by atoms with Crippen LogP contribution in [0, 0.1) is 0 Å². The highest BCUT2D eigenvalue weighted by atomic mass is 16.5. The number of nitrogens with zero attached hydrogens (tertiary/aromatic N) is 3. The van der Waals surface area contributed by atoms with Gasteiger partial charge in [0, 0.05) is 54.7 Å². The van der Waals surface area contributed by atoms with Crippen LogP contribution in [0.15, 0.2) is 94.7 Å². The first-order valence-electron chi connectivity index (χ1n) is 12.2. The van der Waals surface area contributed by atoms with Gasteiger partial charge in [0.05, 0.1) is 18.8 Å². The zero-order valence-corrected chi connectivity index (χ0v) is 20.6. The van der Waals surface area contributed by atoms with Crippen molar-refractivity contribution in [1.29, 1.82) is 0 Å². The maximum Gasteiger partial charge on any atom is 0.213 e. The zero-order chi connectivity index (χ0) is 24.9. The molecule has 3 heterocycles. The quantitative estimate of drug-likeness (QED) is 0.250. The molecule has 0 amide bonds. The molecule has 0 radical (unpaired) electrons. The molecule has 0 saturated heterocycles. The molecule has 0 saturated carbocycles. The van der Waals surface area contributed by atoms with E-state index in [2.05, 4.69) is 27.9 Å². The summed E-state index contributed by atoms with van der Waals surface area (Å²) in [6, 6.07) is 20.0. The van der Waals surface area contributed by atoms with Crippen LogP contribution in [0.1, 0.15) is 30.0 Å². The van der Waals surface area contributed by atoms with Crippen molar-refractivity contribution >= 4 is 21.7 Å². The van der Waals surface area contributed by atoms with Crippen molar-refractivity contribution in [1.82, 2.24) is 14.9 Å². The van der Waals surface area contributed by atoms with E-state index in [1.807, 2.05) is 60.8 Å². The van der Waals surface area contributed by atoms with Crippen molar-refractivity contribution in [3.05, 3.63) is 112 Å². The summed E-state index contributed by atoms with van der Waals surface area (Å²) in [6.07, 6.45) is 8.92. The molecule has 0 aliphatic rings. The first-order chi connectivity index (χ1) is 17.6. The molecule has 1 atom stereocenters. The summed E-state index contributed by atoms with van der Waals surface area (Å²) in [5.74, 6) is 0.576. The van der Waals surface area contributed by atoms with Gasteiger partial charge in [-0.15, -0.1) is 0 Å². The van der Waals surface area contributed by atoms with Crippen LogP contribution in [0.4, 0.5) is 0 Å². The Morgan fingerprint density at radius 3 is 2.69 bits per heavy atom. The summed E-state index contributed by atoms with van der Waals surface area (Å²) in [4.78, 5) is 24.3. The molecule has 1 unspecified atom stereocenters. The molecular weight excluding hydrogens is 450 g/mol. The van der Waals surface area contributed by atoms with Crippen LogP contribution in [0.25, 0.3) is 21.7 Å². The van der Waals surface area contributed by atoms with E-state index in [-0.39, 0.29) is 11.5 Å². The third-order valence-electron chi connectivity index (χ3n) is 6.70. The second kappa shape index (κ2) is 10.7. The fourth-order valence-corrected chi connectivity index (χ4v) is 4.60. The lowest BCUT2D eigenvalue weighted by molar-refractivity contribution is 0.180. The van der Waals surface area contributed by atoms with E-state index in [0.29, 0.717) is 35.5 Å². The Hall–Kier alpha value is -4.03. The highest BCUT2D eigenvalue weighted by Gasteiger charge is 2.19. The van der Waals surface area contributed by atoms with Crippen molar-refractivity contribution in [2.75, 3.05) is 7.11 Å². The Labute approximate surface area is 210 Å². The maximum atomic E-state index is 13.5. The number of benzene rings is 2. The van der Waals surface area contributed by atoms with Gasteiger partial charge in [0.1, 0.15) is 5.58 Å². The van der Waals surface area contributed by atoms with Crippen LogP contribution < -0.4 is 10.2 Å². The Balaban J connectivity index is 1.45. The van der Waals surface area contributed by atoms with Crippen molar-refractivity contribution in [3.63, 3.8) is 0 Å². The Kier molecular flexibility index (Phi) is 7.05. The Morgan fingerprint density at radius 1 is 0.972 bits per heavy atom. The molecule has 2 aromatic carbocycles. The predicted octanol–water partition coefficient (Wildman–Crippen LogP) is 5.77. The number of aromatic nitrogens is 2. The van der Waals surface area contributed by atoms with E-state index < -0.39 is 0 Å². The van der Waals surface area contributed by atoms with Crippen LogP contribution >= 0.6 is 0 Å². The second-order valence-corrected chi connectivity index (χ2v) is 9.11. The van der Waals surface area contributed by atoms with Crippen LogP contribution in [-0.4, -0.2) is 28.0 Å². The van der Waals surface area contributed by atoms with E-state index in [9.17, 15) is 4.79 Å². The lowest BCUT2D eigenvalue weighted by Crippen LogP contribution is -2.34. The van der Waals surface area contributed by atoms with E-state index in [1.54, 1.807) is 25.8 Å². The van der Waals surface area contributed by atoms with Crippen LogP contribution in [0.5, 0.6) is 5.88 Å². The molecule has 5 aromatic rings. The smallest absolute Gasteiger partial charge is 0.213 e. The number of ether oxygens (including phenoxy) is 1. The van der Waals surface area contributed by atoms with Crippen molar-refractivity contribution < 1.29 is 9.15 Å². The van der Waals surface area contributed by atoms with Crippen LogP contribution in [0.3, 0.4) is 0 Å². The van der Waals surface area contributed by atoms with E-state index in [4.69, 9.17) is 9.15 Å². The fourth-order valence-electron chi connectivity index (χ4n) is 4.60. The number of pyridine rings is 2.